The van der Waals surface area contributed by atoms with Crippen LogP contribution in [0.25, 0.3) is 5.57 Å². The fraction of sp³-hybridized carbons (Fsp3) is 0.688. The maximum atomic E-state index is 4.23. The molecule has 5 rings (SSSR count). The van der Waals surface area contributed by atoms with E-state index in [2.05, 4.69) is 69.5 Å². The maximum absolute atomic E-state index is 4.23. The molecule has 1 nitrogen and oxygen atoms in total. The van der Waals surface area contributed by atoms with Crippen molar-refractivity contribution in [3.05, 3.63) is 48.1 Å². The molecule has 0 N–H and O–H groups in total. The van der Waals surface area contributed by atoms with Gasteiger partial charge in [-0.05, 0) is 110 Å². The van der Waals surface area contributed by atoms with Gasteiger partial charge in [0.25, 0.3) is 0 Å². The summed E-state index contributed by atoms with van der Waals surface area (Å²) in [5.41, 5.74) is 6.64. The summed E-state index contributed by atoms with van der Waals surface area (Å²) in [6, 6.07) is 7.98. The minimum atomic E-state index is 0.648. The Hall–Kier alpha value is -1.50. The molecule has 1 aliphatic heterocycles. The lowest BCUT2D eigenvalue weighted by atomic mass is 9.70. The molecule has 0 amide bonds. The fourth-order valence-corrected chi connectivity index (χ4v) is 8.34. The van der Waals surface area contributed by atoms with Crippen LogP contribution in [-0.2, 0) is 0 Å². The molecule has 2 saturated carbocycles. The van der Waals surface area contributed by atoms with E-state index in [1.54, 1.807) is 5.57 Å². The van der Waals surface area contributed by atoms with Crippen LogP contribution in [0.3, 0.4) is 0 Å². The number of rotatable bonds is 9. The molecule has 1 aromatic rings. The van der Waals surface area contributed by atoms with Gasteiger partial charge in [-0.3, -0.25) is 0 Å². The number of allylic oxidation sites excluding steroid dienone is 3. The average molecular weight is 446 g/mol. The van der Waals surface area contributed by atoms with Gasteiger partial charge in [-0.1, -0.05) is 64.2 Å². The summed E-state index contributed by atoms with van der Waals surface area (Å²) in [5.74, 6) is 4.25. The van der Waals surface area contributed by atoms with E-state index >= 15 is 0 Å². The molecule has 1 spiro atoms. The Morgan fingerprint density at radius 2 is 1.88 bits per heavy atom. The lowest BCUT2D eigenvalue weighted by Gasteiger charge is -2.42. The monoisotopic (exact) mass is 445 g/mol. The van der Waals surface area contributed by atoms with E-state index in [1.807, 2.05) is 0 Å². The van der Waals surface area contributed by atoms with E-state index in [9.17, 15) is 0 Å². The molecule has 0 radical (unpaired) electrons. The molecular weight excluding hydrogens is 398 g/mol. The van der Waals surface area contributed by atoms with Crippen molar-refractivity contribution in [1.82, 2.24) is 0 Å². The summed E-state index contributed by atoms with van der Waals surface area (Å²) in [7, 11) is 0. The predicted molar refractivity (Wildman–Crippen MR) is 144 cm³/mol. The van der Waals surface area contributed by atoms with Crippen LogP contribution in [0.4, 0.5) is 5.69 Å². The zero-order chi connectivity index (χ0) is 23.2. The van der Waals surface area contributed by atoms with Crippen LogP contribution >= 0.6 is 0 Å². The van der Waals surface area contributed by atoms with Gasteiger partial charge in [0.15, 0.2) is 0 Å². The molecule has 5 unspecified atom stereocenters. The van der Waals surface area contributed by atoms with Gasteiger partial charge < -0.3 is 4.90 Å². The number of hydrogen-bond acceptors (Lipinski definition) is 1. The summed E-state index contributed by atoms with van der Waals surface area (Å²) in [6.07, 6.45) is 18.5. The Balaban J connectivity index is 1.46. The first-order valence-electron chi connectivity index (χ1n) is 14.2. The number of aryl methyl sites for hydroxylation is 1. The molecule has 33 heavy (non-hydrogen) atoms. The lowest BCUT2D eigenvalue weighted by molar-refractivity contribution is 0.148. The number of fused-ring (bicyclic) bond motifs is 3. The molecule has 1 aromatic carbocycles. The van der Waals surface area contributed by atoms with Crippen LogP contribution in [0, 0.1) is 41.9 Å². The first-order valence-corrected chi connectivity index (χ1v) is 14.2. The molecule has 180 valence electrons. The first-order chi connectivity index (χ1) is 16.0. The van der Waals surface area contributed by atoms with Gasteiger partial charge >= 0.3 is 0 Å². The Bertz CT molecular complexity index is 890. The summed E-state index contributed by atoms with van der Waals surface area (Å²) in [6.45, 7) is 15.2. The van der Waals surface area contributed by atoms with Crippen molar-refractivity contribution >= 4 is 11.3 Å². The van der Waals surface area contributed by atoms with E-state index < -0.39 is 0 Å². The molecule has 1 heteroatoms. The molecule has 0 aromatic heterocycles. The van der Waals surface area contributed by atoms with Gasteiger partial charge in [0.05, 0.1) is 0 Å². The lowest BCUT2D eigenvalue weighted by Crippen LogP contribution is -2.44. The minimum absolute atomic E-state index is 0.648. The van der Waals surface area contributed by atoms with E-state index in [4.69, 9.17) is 0 Å². The van der Waals surface area contributed by atoms with Crippen LogP contribution in [0.1, 0.15) is 96.1 Å². The van der Waals surface area contributed by atoms with Crippen LogP contribution in [-0.4, -0.2) is 12.6 Å². The zero-order valence-corrected chi connectivity index (χ0v) is 21.8. The minimum Gasteiger partial charge on any atom is -0.368 e. The summed E-state index contributed by atoms with van der Waals surface area (Å²) < 4.78 is 0. The highest BCUT2D eigenvalue weighted by molar-refractivity contribution is 5.81. The number of unbranched alkanes of at least 4 members (excludes halogenated alkanes) is 3. The average Bonchev–Trinajstić information content (AvgIpc) is 3.68. The number of nitrogens with zero attached hydrogens (tertiary/aromatic N) is 1. The molecule has 0 bridgehead atoms. The Morgan fingerprint density at radius 3 is 2.52 bits per heavy atom. The quantitative estimate of drug-likeness (QED) is 0.271. The number of anilines is 1. The third kappa shape index (κ3) is 4.12. The highest BCUT2D eigenvalue weighted by atomic mass is 15.2. The molecular formula is C32H47N. The summed E-state index contributed by atoms with van der Waals surface area (Å²) >= 11 is 0. The van der Waals surface area contributed by atoms with Crippen LogP contribution in [0.5, 0.6) is 0 Å². The third-order valence-corrected chi connectivity index (χ3v) is 10.3. The molecule has 3 fully saturated rings. The van der Waals surface area contributed by atoms with Gasteiger partial charge in [0, 0.05) is 18.3 Å². The van der Waals surface area contributed by atoms with Crippen molar-refractivity contribution in [2.45, 2.75) is 97.9 Å². The van der Waals surface area contributed by atoms with Crippen molar-refractivity contribution in [1.29, 1.82) is 0 Å². The standard InChI is InChI=1S/C32H47N/c1-6-8-9-10-13-27-23(4)21-33(26-17-14-22(3)29(20-26)25-15-16-25)24(5)30-31(28(27)12-7-2)32(30)18-11-19-32/h7,14-15,17,20,23-24,27-28,30-31H,2,6,8-13,16,18-19,21H2,1,3-5H3/t23-,24?,27?,28?,30?,31?/m0/s1. The topological polar surface area (TPSA) is 3.24 Å². The van der Waals surface area contributed by atoms with Crippen molar-refractivity contribution < 1.29 is 0 Å². The maximum Gasteiger partial charge on any atom is 0.0375 e. The van der Waals surface area contributed by atoms with Crippen molar-refractivity contribution in [2.75, 3.05) is 11.4 Å². The Morgan fingerprint density at radius 1 is 1.09 bits per heavy atom. The van der Waals surface area contributed by atoms with Gasteiger partial charge in [-0.15, -0.1) is 6.58 Å². The van der Waals surface area contributed by atoms with E-state index in [-0.39, 0.29) is 0 Å². The van der Waals surface area contributed by atoms with Gasteiger partial charge in [-0.25, -0.2) is 0 Å². The SMILES string of the molecule is C=CCC1C(CCCCCC)[C@@H](C)CN(c2ccc(C)c(C3=CC3)c2)C(C)C2C1C21CCC1. The third-order valence-electron chi connectivity index (χ3n) is 10.3. The van der Waals surface area contributed by atoms with Crippen molar-refractivity contribution in [2.24, 2.45) is 35.0 Å². The second kappa shape index (κ2) is 9.27. The second-order valence-electron chi connectivity index (χ2n) is 12.1. The largest absolute Gasteiger partial charge is 0.368 e. The van der Waals surface area contributed by atoms with E-state index in [0.717, 1.165) is 29.6 Å². The van der Waals surface area contributed by atoms with E-state index in [0.29, 0.717) is 11.5 Å². The summed E-state index contributed by atoms with van der Waals surface area (Å²) in [5, 5.41) is 0. The van der Waals surface area contributed by atoms with Crippen LogP contribution in [0.2, 0.25) is 0 Å². The Kier molecular flexibility index (Phi) is 6.53. The fourth-order valence-electron chi connectivity index (χ4n) is 8.34. The zero-order valence-electron chi connectivity index (χ0n) is 21.8. The van der Waals surface area contributed by atoms with Gasteiger partial charge in [0.1, 0.15) is 0 Å². The Labute approximate surface area is 203 Å². The van der Waals surface area contributed by atoms with Crippen LogP contribution < -0.4 is 4.90 Å². The highest BCUT2D eigenvalue weighted by Crippen LogP contribution is 2.76. The normalized spacial score (nSPS) is 34.1. The molecule has 1 saturated heterocycles. The van der Waals surface area contributed by atoms with Crippen molar-refractivity contribution in [3.63, 3.8) is 0 Å². The van der Waals surface area contributed by atoms with E-state index in [1.165, 1.54) is 87.6 Å². The highest BCUT2D eigenvalue weighted by Gasteiger charge is 2.71. The summed E-state index contributed by atoms with van der Waals surface area (Å²) in [4.78, 5) is 2.85. The van der Waals surface area contributed by atoms with Gasteiger partial charge in [-0.2, -0.15) is 0 Å². The van der Waals surface area contributed by atoms with Crippen molar-refractivity contribution in [3.8, 4) is 0 Å². The first kappa shape index (κ1) is 23.3. The molecule has 1 heterocycles. The predicted octanol–water partition coefficient (Wildman–Crippen LogP) is 8.82. The molecule has 6 atom stereocenters. The smallest absolute Gasteiger partial charge is 0.0375 e. The molecule has 4 aliphatic rings. The molecule has 3 aliphatic carbocycles. The van der Waals surface area contributed by atoms with Gasteiger partial charge in [0.2, 0.25) is 0 Å². The second-order valence-corrected chi connectivity index (χ2v) is 12.1. The number of benzene rings is 1. The number of hydrogen-bond donors (Lipinski definition) is 0. The van der Waals surface area contributed by atoms with Crippen LogP contribution in [0.15, 0.2) is 36.9 Å².